The topological polar surface area (TPSA) is 36.9 Å². The molecule has 0 amide bonds. The van der Waals surface area contributed by atoms with E-state index in [0.29, 0.717) is 6.79 Å². The summed E-state index contributed by atoms with van der Waals surface area (Å²) in [6.45, 7) is 3.26. The lowest BCUT2D eigenvalue weighted by atomic mass is 9.96. The minimum atomic E-state index is 0. The smallest absolute Gasteiger partial charge is 0.231 e. The molecule has 2 aliphatic rings. The van der Waals surface area contributed by atoms with Crippen molar-refractivity contribution in [2.75, 3.05) is 34.6 Å². The van der Waals surface area contributed by atoms with Gasteiger partial charge in [-0.2, -0.15) is 0 Å². The Kier molecular flexibility index (Phi) is 5.34. The van der Waals surface area contributed by atoms with Crippen LogP contribution in [0.5, 0.6) is 23.0 Å². The number of nitrogens with zero attached hydrogens (tertiary/aromatic N) is 1. The Hall–Kier alpha value is -1.92. The molecule has 0 N–H and O–H groups in total. The summed E-state index contributed by atoms with van der Waals surface area (Å²) < 4.78 is 23.0. The van der Waals surface area contributed by atoms with Crippen molar-refractivity contribution in [3.63, 3.8) is 0 Å². The van der Waals surface area contributed by atoms with Crippen LogP contribution in [0.25, 0.3) is 0 Å². The third-order valence-corrected chi connectivity index (χ3v) is 5.20. The van der Waals surface area contributed by atoms with Gasteiger partial charge in [0.05, 0.1) is 33.4 Å². The SMILES string of the molecule is COc1cccc(C[N+]2(C)CCc3cc4c(cc3C2)OCO4)c1OC.[Br-]. The van der Waals surface area contributed by atoms with E-state index in [1.54, 1.807) is 14.2 Å². The number of fused-ring (bicyclic) bond motifs is 2. The molecule has 26 heavy (non-hydrogen) atoms. The Morgan fingerprint density at radius 1 is 1.04 bits per heavy atom. The second kappa shape index (κ2) is 7.37. The van der Waals surface area contributed by atoms with Crippen molar-refractivity contribution in [2.45, 2.75) is 19.5 Å². The van der Waals surface area contributed by atoms with Crippen LogP contribution in [-0.4, -0.2) is 39.1 Å². The molecule has 0 aromatic heterocycles. The van der Waals surface area contributed by atoms with Gasteiger partial charge in [0.25, 0.3) is 0 Å². The summed E-state index contributed by atoms with van der Waals surface area (Å²) in [5, 5.41) is 0. The number of hydrogen-bond donors (Lipinski definition) is 0. The highest BCUT2D eigenvalue weighted by atomic mass is 79.9. The van der Waals surface area contributed by atoms with Crippen LogP contribution in [0, 0.1) is 0 Å². The number of hydrogen-bond acceptors (Lipinski definition) is 4. The first kappa shape index (κ1) is 18.9. The van der Waals surface area contributed by atoms with Gasteiger partial charge in [0.15, 0.2) is 23.0 Å². The van der Waals surface area contributed by atoms with Gasteiger partial charge in [-0.3, -0.25) is 0 Å². The highest BCUT2D eigenvalue weighted by molar-refractivity contribution is 5.49. The fourth-order valence-electron chi connectivity index (χ4n) is 3.91. The average molecular weight is 422 g/mol. The van der Waals surface area contributed by atoms with E-state index in [2.05, 4.69) is 25.2 Å². The van der Waals surface area contributed by atoms with Crippen LogP contribution in [0.3, 0.4) is 0 Å². The number of ether oxygens (including phenoxy) is 4. The number of halogens is 1. The Balaban J connectivity index is 0.00000196. The Morgan fingerprint density at radius 3 is 2.46 bits per heavy atom. The molecule has 2 aromatic rings. The van der Waals surface area contributed by atoms with Crippen LogP contribution in [0.4, 0.5) is 0 Å². The zero-order valence-corrected chi connectivity index (χ0v) is 17.0. The number of quaternary nitrogens is 1. The summed E-state index contributed by atoms with van der Waals surface area (Å²) in [6.07, 6.45) is 1.04. The van der Waals surface area contributed by atoms with Crippen molar-refractivity contribution in [2.24, 2.45) is 0 Å². The first-order valence-electron chi connectivity index (χ1n) is 8.57. The van der Waals surface area contributed by atoms with E-state index in [-0.39, 0.29) is 17.0 Å². The molecule has 140 valence electrons. The molecule has 2 heterocycles. The highest BCUT2D eigenvalue weighted by Crippen LogP contribution is 2.39. The fourth-order valence-corrected chi connectivity index (χ4v) is 3.91. The van der Waals surface area contributed by atoms with Gasteiger partial charge >= 0.3 is 0 Å². The summed E-state index contributed by atoms with van der Waals surface area (Å²) in [4.78, 5) is 0. The second-order valence-electron chi connectivity index (χ2n) is 7.04. The average Bonchev–Trinajstić information content (AvgIpc) is 3.06. The van der Waals surface area contributed by atoms with E-state index in [4.69, 9.17) is 18.9 Å². The molecule has 1 unspecified atom stereocenters. The van der Waals surface area contributed by atoms with Crippen LogP contribution in [0.1, 0.15) is 16.7 Å². The van der Waals surface area contributed by atoms with E-state index in [0.717, 1.165) is 53.5 Å². The monoisotopic (exact) mass is 421 g/mol. The molecule has 2 aromatic carbocycles. The van der Waals surface area contributed by atoms with Gasteiger partial charge in [-0.1, -0.05) is 6.07 Å². The predicted octanol–water partition coefficient (Wildman–Crippen LogP) is 0.139. The minimum absolute atomic E-state index is 0. The summed E-state index contributed by atoms with van der Waals surface area (Å²) in [5.74, 6) is 3.36. The lowest BCUT2D eigenvalue weighted by Crippen LogP contribution is -3.00. The van der Waals surface area contributed by atoms with Gasteiger partial charge in [-0.15, -0.1) is 0 Å². The van der Waals surface area contributed by atoms with Gasteiger partial charge in [0.1, 0.15) is 13.1 Å². The summed E-state index contributed by atoms with van der Waals surface area (Å²) in [7, 11) is 5.68. The standard InChI is InChI=1S/C20H24NO4.BrH/c1-21(11-15-5-4-6-17(22-2)20(15)23-3)8-7-14-9-18-19(25-13-24-18)10-16(14)12-21;/h4-6,9-10H,7-8,11-13H2,1-3H3;1H/q+1;/p-1. The number of likely N-dealkylation sites (N-methyl/N-ethyl adjacent to an activating group) is 1. The largest absolute Gasteiger partial charge is 1.00 e. The molecule has 5 nitrogen and oxygen atoms in total. The molecular formula is C20H24BrNO4. The lowest BCUT2D eigenvalue weighted by Gasteiger charge is -2.39. The normalized spacial score (nSPS) is 20.1. The van der Waals surface area contributed by atoms with Crippen molar-refractivity contribution < 1.29 is 40.4 Å². The Morgan fingerprint density at radius 2 is 1.77 bits per heavy atom. The van der Waals surface area contributed by atoms with Crippen LogP contribution < -0.4 is 35.9 Å². The molecule has 0 saturated heterocycles. The van der Waals surface area contributed by atoms with Crippen LogP contribution >= 0.6 is 0 Å². The Labute approximate surface area is 164 Å². The maximum atomic E-state index is 5.61. The number of benzene rings is 2. The second-order valence-corrected chi connectivity index (χ2v) is 7.04. The van der Waals surface area contributed by atoms with Gasteiger partial charge < -0.3 is 40.4 Å². The number of para-hydroxylation sites is 1. The zero-order valence-electron chi connectivity index (χ0n) is 15.4. The molecule has 2 aliphatic heterocycles. The zero-order chi connectivity index (χ0) is 17.4. The highest BCUT2D eigenvalue weighted by Gasteiger charge is 2.32. The van der Waals surface area contributed by atoms with Crippen molar-refractivity contribution in [3.8, 4) is 23.0 Å². The molecule has 4 rings (SSSR count). The molecule has 0 bridgehead atoms. The molecule has 0 fully saturated rings. The van der Waals surface area contributed by atoms with Gasteiger partial charge in [-0.25, -0.2) is 0 Å². The lowest BCUT2D eigenvalue weighted by molar-refractivity contribution is -0.937. The van der Waals surface area contributed by atoms with Gasteiger partial charge in [-0.05, 0) is 29.8 Å². The van der Waals surface area contributed by atoms with Crippen LogP contribution in [0.2, 0.25) is 0 Å². The van der Waals surface area contributed by atoms with Crippen molar-refractivity contribution in [1.29, 1.82) is 0 Å². The molecule has 0 spiro atoms. The molecule has 0 aliphatic carbocycles. The quantitative estimate of drug-likeness (QED) is 0.658. The summed E-state index contributed by atoms with van der Waals surface area (Å²) in [6, 6.07) is 10.4. The third kappa shape index (κ3) is 3.35. The van der Waals surface area contributed by atoms with E-state index >= 15 is 0 Å². The summed E-state index contributed by atoms with van der Waals surface area (Å²) >= 11 is 0. The Bertz CT molecular complexity index is 811. The third-order valence-electron chi connectivity index (χ3n) is 5.20. The maximum Gasteiger partial charge on any atom is 0.231 e. The first-order valence-corrected chi connectivity index (χ1v) is 8.57. The van der Waals surface area contributed by atoms with Crippen molar-refractivity contribution >= 4 is 0 Å². The predicted molar refractivity (Wildman–Crippen MR) is 94.3 cm³/mol. The van der Waals surface area contributed by atoms with E-state index in [1.165, 1.54) is 16.7 Å². The molecule has 0 saturated carbocycles. The molecule has 0 radical (unpaired) electrons. The van der Waals surface area contributed by atoms with Crippen molar-refractivity contribution in [1.82, 2.24) is 0 Å². The first-order chi connectivity index (χ1) is 12.1. The number of methoxy groups -OCH3 is 2. The fraction of sp³-hybridized carbons (Fsp3) is 0.400. The summed E-state index contributed by atoms with van der Waals surface area (Å²) in [5.41, 5.74) is 3.89. The van der Waals surface area contributed by atoms with Gasteiger partial charge in [0, 0.05) is 12.0 Å². The minimum Gasteiger partial charge on any atom is -1.00 e. The van der Waals surface area contributed by atoms with E-state index in [9.17, 15) is 0 Å². The van der Waals surface area contributed by atoms with E-state index < -0.39 is 0 Å². The van der Waals surface area contributed by atoms with Crippen LogP contribution in [0.15, 0.2) is 30.3 Å². The van der Waals surface area contributed by atoms with E-state index in [1.807, 2.05) is 12.1 Å². The molecule has 6 heteroatoms. The van der Waals surface area contributed by atoms with Crippen molar-refractivity contribution in [3.05, 3.63) is 47.0 Å². The number of rotatable bonds is 4. The molecular weight excluding hydrogens is 398 g/mol. The molecule has 1 atom stereocenters. The maximum absolute atomic E-state index is 5.61. The van der Waals surface area contributed by atoms with Crippen LogP contribution in [-0.2, 0) is 19.5 Å². The van der Waals surface area contributed by atoms with Gasteiger partial charge in [0.2, 0.25) is 6.79 Å².